The van der Waals surface area contributed by atoms with E-state index in [2.05, 4.69) is 15.3 Å². The number of halogens is 1. The molecule has 0 aliphatic carbocycles. The minimum Gasteiger partial charge on any atom is -0.475 e. The first-order valence-electron chi connectivity index (χ1n) is 6.09. The lowest BCUT2D eigenvalue weighted by Gasteiger charge is -2.04. The van der Waals surface area contributed by atoms with Crippen LogP contribution in [0.4, 0.5) is 4.39 Å². The Morgan fingerprint density at radius 2 is 2.10 bits per heavy atom. The predicted molar refractivity (Wildman–Crippen MR) is 70.7 cm³/mol. The molecule has 2 N–H and O–H groups in total. The second-order valence-corrected chi connectivity index (χ2v) is 4.11. The van der Waals surface area contributed by atoms with E-state index < -0.39 is 0 Å². The molecule has 0 amide bonds. The fourth-order valence-corrected chi connectivity index (χ4v) is 1.82. The molecule has 0 aliphatic heterocycles. The molecule has 3 aromatic rings. The van der Waals surface area contributed by atoms with Crippen molar-refractivity contribution in [1.82, 2.24) is 19.8 Å². The number of nitrogens with two attached hydrogens (primary N) is 1. The van der Waals surface area contributed by atoms with Gasteiger partial charge in [0.15, 0.2) is 11.5 Å². The SMILES string of the molecule is NCCOc1ccc2nnc(-c3cccc(F)c3)n2n1. The van der Waals surface area contributed by atoms with Crippen molar-refractivity contribution in [2.75, 3.05) is 13.2 Å². The molecular formula is C13H12FN5O. The van der Waals surface area contributed by atoms with Gasteiger partial charge in [-0.25, -0.2) is 4.39 Å². The molecule has 102 valence electrons. The molecule has 0 saturated carbocycles. The van der Waals surface area contributed by atoms with Crippen LogP contribution < -0.4 is 10.5 Å². The van der Waals surface area contributed by atoms with Crippen molar-refractivity contribution in [3.63, 3.8) is 0 Å². The first kappa shape index (κ1) is 12.5. The quantitative estimate of drug-likeness (QED) is 0.774. The van der Waals surface area contributed by atoms with Crippen molar-refractivity contribution < 1.29 is 9.13 Å². The lowest BCUT2D eigenvalue weighted by Crippen LogP contribution is -2.12. The van der Waals surface area contributed by atoms with E-state index in [0.29, 0.717) is 36.1 Å². The summed E-state index contributed by atoms with van der Waals surface area (Å²) in [5.41, 5.74) is 6.54. The van der Waals surface area contributed by atoms with Gasteiger partial charge in [-0.3, -0.25) is 0 Å². The Balaban J connectivity index is 2.07. The molecule has 0 unspecified atom stereocenters. The van der Waals surface area contributed by atoms with Crippen LogP contribution in [0.2, 0.25) is 0 Å². The summed E-state index contributed by atoms with van der Waals surface area (Å²) in [7, 11) is 0. The van der Waals surface area contributed by atoms with E-state index in [1.807, 2.05) is 0 Å². The van der Waals surface area contributed by atoms with Crippen molar-refractivity contribution in [3.8, 4) is 17.3 Å². The van der Waals surface area contributed by atoms with Crippen LogP contribution >= 0.6 is 0 Å². The van der Waals surface area contributed by atoms with E-state index in [0.717, 1.165) is 0 Å². The zero-order chi connectivity index (χ0) is 13.9. The van der Waals surface area contributed by atoms with Gasteiger partial charge < -0.3 is 10.5 Å². The fourth-order valence-electron chi connectivity index (χ4n) is 1.82. The van der Waals surface area contributed by atoms with Crippen LogP contribution in [0.1, 0.15) is 0 Å². The van der Waals surface area contributed by atoms with Gasteiger partial charge in [0.05, 0.1) is 0 Å². The summed E-state index contributed by atoms with van der Waals surface area (Å²) < 4.78 is 20.2. The van der Waals surface area contributed by atoms with Crippen LogP contribution in [-0.4, -0.2) is 33.0 Å². The van der Waals surface area contributed by atoms with Crippen molar-refractivity contribution >= 4 is 5.65 Å². The Hall–Kier alpha value is -2.54. The lowest BCUT2D eigenvalue weighted by molar-refractivity contribution is 0.310. The minimum absolute atomic E-state index is 0.338. The number of benzene rings is 1. The van der Waals surface area contributed by atoms with Crippen LogP contribution in [0.3, 0.4) is 0 Å². The Kier molecular flexibility index (Phi) is 3.26. The van der Waals surface area contributed by atoms with Gasteiger partial charge in [-0.05, 0) is 18.2 Å². The summed E-state index contributed by atoms with van der Waals surface area (Å²) >= 11 is 0. The maximum absolute atomic E-state index is 13.3. The number of rotatable bonds is 4. The van der Waals surface area contributed by atoms with Crippen molar-refractivity contribution in [2.24, 2.45) is 5.73 Å². The summed E-state index contributed by atoms with van der Waals surface area (Å²) in [6.45, 7) is 0.772. The van der Waals surface area contributed by atoms with Crippen LogP contribution in [0, 0.1) is 5.82 Å². The highest BCUT2D eigenvalue weighted by Crippen LogP contribution is 2.19. The van der Waals surface area contributed by atoms with Gasteiger partial charge in [0.1, 0.15) is 12.4 Å². The number of ether oxygens (including phenoxy) is 1. The van der Waals surface area contributed by atoms with E-state index in [1.165, 1.54) is 16.6 Å². The summed E-state index contributed by atoms with van der Waals surface area (Å²) in [6, 6.07) is 9.53. The molecule has 7 heteroatoms. The van der Waals surface area contributed by atoms with E-state index >= 15 is 0 Å². The normalized spacial score (nSPS) is 10.9. The highest BCUT2D eigenvalue weighted by atomic mass is 19.1. The van der Waals surface area contributed by atoms with Crippen LogP contribution in [0.15, 0.2) is 36.4 Å². The average molecular weight is 273 g/mol. The van der Waals surface area contributed by atoms with Crippen molar-refractivity contribution in [3.05, 3.63) is 42.2 Å². The van der Waals surface area contributed by atoms with E-state index in [9.17, 15) is 4.39 Å². The molecule has 0 atom stereocenters. The summed E-state index contributed by atoms with van der Waals surface area (Å²) in [5.74, 6) is 0.535. The molecule has 2 heterocycles. The topological polar surface area (TPSA) is 78.3 Å². The lowest BCUT2D eigenvalue weighted by atomic mass is 10.2. The predicted octanol–water partition coefficient (Wildman–Crippen LogP) is 1.27. The number of hydrogen-bond acceptors (Lipinski definition) is 5. The first-order valence-corrected chi connectivity index (χ1v) is 6.09. The first-order chi connectivity index (χ1) is 9.78. The van der Waals surface area contributed by atoms with Gasteiger partial charge in [0, 0.05) is 18.2 Å². The molecule has 0 radical (unpaired) electrons. The molecule has 3 rings (SSSR count). The third kappa shape index (κ3) is 2.30. The summed E-state index contributed by atoms with van der Waals surface area (Å²) in [6.07, 6.45) is 0. The second-order valence-electron chi connectivity index (χ2n) is 4.11. The molecule has 0 saturated heterocycles. The summed E-state index contributed by atoms with van der Waals surface area (Å²) in [4.78, 5) is 0. The molecule has 0 spiro atoms. The maximum atomic E-state index is 13.3. The van der Waals surface area contributed by atoms with Crippen LogP contribution in [0.5, 0.6) is 5.88 Å². The molecule has 0 bridgehead atoms. The zero-order valence-electron chi connectivity index (χ0n) is 10.5. The monoisotopic (exact) mass is 273 g/mol. The largest absolute Gasteiger partial charge is 0.475 e. The zero-order valence-corrected chi connectivity index (χ0v) is 10.5. The highest BCUT2D eigenvalue weighted by Gasteiger charge is 2.10. The highest BCUT2D eigenvalue weighted by molar-refractivity contribution is 5.58. The van der Waals surface area contributed by atoms with Crippen molar-refractivity contribution in [1.29, 1.82) is 0 Å². The summed E-state index contributed by atoms with van der Waals surface area (Å²) in [5, 5.41) is 12.3. The Morgan fingerprint density at radius 3 is 2.90 bits per heavy atom. The fraction of sp³-hybridized carbons (Fsp3) is 0.154. The van der Waals surface area contributed by atoms with E-state index in [1.54, 1.807) is 24.3 Å². The molecular weight excluding hydrogens is 261 g/mol. The Morgan fingerprint density at radius 1 is 1.20 bits per heavy atom. The third-order valence-corrected chi connectivity index (χ3v) is 2.69. The second kappa shape index (κ2) is 5.22. The van der Waals surface area contributed by atoms with Gasteiger partial charge in [-0.1, -0.05) is 12.1 Å². The van der Waals surface area contributed by atoms with Gasteiger partial charge in [0.2, 0.25) is 5.88 Å². The number of fused-ring (bicyclic) bond motifs is 1. The smallest absolute Gasteiger partial charge is 0.231 e. The number of hydrogen-bond donors (Lipinski definition) is 1. The van der Waals surface area contributed by atoms with Crippen LogP contribution in [-0.2, 0) is 0 Å². The van der Waals surface area contributed by atoms with Gasteiger partial charge in [0.25, 0.3) is 0 Å². The van der Waals surface area contributed by atoms with Crippen molar-refractivity contribution in [2.45, 2.75) is 0 Å². The molecule has 6 nitrogen and oxygen atoms in total. The minimum atomic E-state index is -0.338. The maximum Gasteiger partial charge on any atom is 0.231 e. The molecule has 2 aromatic heterocycles. The van der Waals surface area contributed by atoms with Gasteiger partial charge in [-0.15, -0.1) is 15.3 Å². The molecule has 20 heavy (non-hydrogen) atoms. The van der Waals surface area contributed by atoms with Crippen LogP contribution in [0.25, 0.3) is 17.0 Å². The van der Waals surface area contributed by atoms with Gasteiger partial charge >= 0.3 is 0 Å². The Bertz CT molecular complexity index is 742. The average Bonchev–Trinajstić information content (AvgIpc) is 2.88. The third-order valence-electron chi connectivity index (χ3n) is 2.69. The molecule has 0 fully saturated rings. The molecule has 1 aromatic carbocycles. The van der Waals surface area contributed by atoms with Gasteiger partial charge in [-0.2, -0.15) is 4.52 Å². The van der Waals surface area contributed by atoms with E-state index in [-0.39, 0.29) is 5.82 Å². The van der Waals surface area contributed by atoms with E-state index in [4.69, 9.17) is 10.5 Å². The number of nitrogens with zero attached hydrogens (tertiary/aromatic N) is 4. The Labute approximate surface area is 114 Å². The molecule has 0 aliphatic rings. The standard InChI is InChI=1S/C13H12FN5O/c14-10-3-1-2-9(8-10)13-17-16-11-4-5-12(18-19(11)13)20-7-6-15/h1-5,8H,6-7,15H2. The number of aromatic nitrogens is 4.